The Labute approximate surface area is 167 Å². The molecule has 138 valence electrons. The highest BCUT2D eigenvalue weighted by molar-refractivity contribution is 7.98. The molecule has 0 atom stereocenters. The first-order valence-electron chi connectivity index (χ1n) is 8.47. The number of thioether (sulfide) groups is 1. The summed E-state index contributed by atoms with van der Waals surface area (Å²) in [4.78, 5) is 26.7. The zero-order valence-corrected chi connectivity index (χ0v) is 16.3. The van der Waals surface area contributed by atoms with Crippen molar-refractivity contribution in [1.82, 2.24) is 24.6 Å². The Kier molecular flexibility index (Phi) is 4.18. The molecule has 4 aromatic heterocycles. The predicted molar refractivity (Wildman–Crippen MR) is 109 cm³/mol. The lowest BCUT2D eigenvalue weighted by molar-refractivity contribution is 0.577. The van der Waals surface area contributed by atoms with Gasteiger partial charge in [-0.15, -0.1) is 0 Å². The van der Waals surface area contributed by atoms with E-state index in [4.69, 9.17) is 4.42 Å². The van der Waals surface area contributed by atoms with E-state index in [0.717, 1.165) is 20.9 Å². The fraction of sp³-hybridized carbons (Fsp3) is 0.105. The molecule has 0 bridgehead atoms. The third-order valence-corrected chi connectivity index (χ3v) is 5.91. The molecule has 0 spiro atoms. The third-order valence-electron chi connectivity index (χ3n) is 4.07. The lowest BCUT2D eigenvalue weighted by Gasteiger charge is -2.07. The SMILES string of the molecule is Cc1nn2c(=O)cc(CSc3nc(-c4ccco4)nc4ccccc34)nc2s1. The topological polar surface area (TPSA) is 86.2 Å². The first-order chi connectivity index (χ1) is 13.7. The Hall–Kier alpha value is -3.04. The standard InChI is InChI=1S/C19H13N5O2S2/c1-11-23-24-16(25)9-12(20-19(24)28-11)10-27-18-13-5-2-3-6-14(13)21-17(22-18)15-7-4-8-26-15/h2-9H,10H2,1H3. The molecule has 0 aliphatic rings. The molecule has 28 heavy (non-hydrogen) atoms. The molecule has 0 aliphatic carbocycles. The van der Waals surface area contributed by atoms with Crippen LogP contribution in [0.3, 0.4) is 0 Å². The molecule has 1 aromatic carbocycles. The number of furan rings is 1. The number of aryl methyl sites for hydroxylation is 1. The van der Waals surface area contributed by atoms with Gasteiger partial charge in [-0.3, -0.25) is 4.79 Å². The Morgan fingerprint density at radius 2 is 2.04 bits per heavy atom. The van der Waals surface area contributed by atoms with Crippen LogP contribution in [0.15, 0.2) is 63.0 Å². The lowest BCUT2D eigenvalue weighted by Crippen LogP contribution is -2.15. The first-order valence-corrected chi connectivity index (χ1v) is 10.3. The number of aromatic nitrogens is 5. The highest BCUT2D eigenvalue weighted by Gasteiger charge is 2.13. The number of nitrogens with zero attached hydrogens (tertiary/aromatic N) is 5. The van der Waals surface area contributed by atoms with Gasteiger partial charge in [-0.25, -0.2) is 15.0 Å². The highest BCUT2D eigenvalue weighted by atomic mass is 32.2. The molecular formula is C19H13N5O2S2. The summed E-state index contributed by atoms with van der Waals surface area (Å²) in [6.45, 7) is 1.86. The largest absolute Gasteiger partial charge is 0.461 e. The molecule has 0 saturated carbocycles. The van der Waals surface area contributed by atoms with Gasteiger partial charge in [0.05, 0.1) is 17.5 Å². The van der Waals surface area contributed by atoms with Gasteiger partial charge in [-0.1, -0.05) is 41.3 Å². The van der Waals surface area contributed by atoms with Crippen LogP contribution in [0.1, 0.15) is 10.7 Å². The van der Waals surface area contributed by atoms with Crippen LogP contribution in [0.5, 0.6) is 0 Å². The predicted octanol–water partition coefficient (Wildman–Crippen LogP) is 3.95. The molecule has 7 nitrogen and oxygen atoms in total. The third kappa shape index (κ3) is 3.08. The molecule has 0 saturated heterocycles. The highest BCUT2D eigenvalue weighted by Crippen LogP contribution is 2.30. The fourth-order valence-corrected chi connectivity index (χ4v) is 4.52. The van der Waals surface area contributed by atoms with E-state index in [1.54, 1.807) is 6.26 Å². The number of benzene rings is 1. The number of fused-ring (bicyclic) bond motifs is 2. The van der Waals surface area contributed by atoms with Crippen LogP contribution in [-0.2, 0) is 5.75 Å². The van der Waals surface area contributed by atoms with Crippen molar-refractivity contribution in [3.63, 3.8) is 0 Å². The van der Waals surface area contributed by atoms with Gasteiger partial charge in [0, 0.05) is 17.2 Å². The molecule has 5 aromatic rings. The average molecular weight is 407 g/mol. The summed E-state index contributed by atoms with van der Waals surface area (Å²) < 4.78 is 6.79. The zero-order chi connectivity index (χ0) is 19.1. The van der Waals surface area contributed by atoms with Crippen LogP contribution in [0, 0.1) is 6.92 Å². The van der Waals surface area contributed by atoms with E-state index in [0.29, 0.717) is 28.0 Å². The molecule has 0 aliphatic heterocycles. The van der Waals surface area contributed by atoms with Crippen LogP contribution >= 0.6 is 23.1 Å². The Morgan fingerprint density at radius 3 is 2.89 bits per heavy atom. The van der Waals surface area contributed by atoms with Crippen LogP contribution < -0.4 is 5.56 Å². The molecular weight excluding hydrogens is 394 g/mol. The number of hydrogen-bond donors (Lipinski definition) is 0. The van der Waals surface area contributed by atoms with Gasteiger partial charge in [-0.2, -0.15) is 9.61 Å². The fourth-order valence-electron chi connectivity index (χ4n) is 2.84. The molecule has 0 N–H and O–H groups in total. The van der Waals surface area contributed by atoms with Gasteiger partial charge in [0.2, 0.25) is 4.96 Å². The first kappa shape index (κ1) is 17.1. The lowest BCUT2D eigenvalue weighted by atomic mass is 10.2. The smallest absolute Gasteiger partial charge is 0.275 e. The van der Waals surface area contributed by atoms with E-state index in [1.165, 1.54) is 33.7 Å². The van der Waals surface area contributed by atoms with Crippen LogP contribution in [0.25, 0.3) is 27.4 Å². The quantitative estimate of drug-likeness (QED) is 0.329. The molecule has 0 radical (unpaired) electrons. The van der Waals surface area contributed by atoms with Crippen LogP contribution in [-0.4, -0.2) is 24.6 Å². The molecule has 5 rings (SSSR count). The van der Waals surface area contributed by atoms with E-state index in [2.05, 4.69) is 20.1 Å². The average Bonchev–Trinajstić information content (AvgIpc) is 3.35. The van der Waals surface area contributed by atoms with Crippen LogP contribution in [0.2, 0.25) is 0 Å². The second-order valence-corrected chi connectivity index (χ2v) is 8.16. The Bertz CT molecular complexity index is 1360. The second kappa shape index (κ2) is 6.84. The number of para-hydroxylation sites is 1. The summed E-state index contributed by atoms with van der Waals surface area (Å²) in [7, 11) is 0. The van der Waals surface area contributed by atoms with Gasteiger partial charge in [-0.05, 0) is 25.1 Å². The minimum absolute atomic E-state index is 0.172. The van der Waals surface area contributed by atoms with Crippen molar-refractivity contribution in [3.8, 4) is 11.6 Å². The second-order valence-electron chi connectivity index (χ2n) is 6.04. The van der Waals surface area contributed by atoms with E-state index >= 15 is 0 Å². The number of hydrogen-bond acceptors (Lipinski definition) is 8. The van der Waals surface area contributed by atoms with E-state index in [9.17, 15) is 4.79 Å². The van der Waals surface area contributed by atoms with Crippen molar-refractivity contribution in [2.75, 3.05) is 0 Å². The maximum atomic E-state index is 12.3. The van der Waals surface area contributed by atoms with Gasteiger partial charge in [0.1, 0.15) is 10.0 Å². The minimum atomic E-state index is -0.172. The van der Waals surface area contributed by atoms with Gasteiger partial charge < -0.3 is 4.42 Å². The molecule has 4 heterocycles. The van der Waals surface area contributed by atoms with Gasteiger partial charge >= 0.3 is 0 Å². The van der Waals surface area contributed by atoms with Crippen molar-refractivity contribution < 1.29 is 4.42 Å². The molecule has 0 fully saturated rings. The van der Waals surface area contributed by atoms with Crippen molar-refractivity contribution >= 4 is 39.0 Å². The molecule has 9 heteroatoms. The Morgan fingerprint density at radius 1 is 1.14 bits per heavy atom. The summed E-state index contributed by atoms with van der Waals surface area (Å²) in [6.07, 6.45) is 1.60. The zero-order valence-electron chi connectivity index (χ0n) is 14.7. The van der Waals surface area contributed by atoms with Crippen molar-refractivity contribution in [2.45, 2.75) is 17.7 Å². The number of rotatable bonds is 4. The van der Waals surface area contributed by atoms with Crippen molar-refractivity contribution in [2.24, 2.45) is 0 Å². The maximum absolute atomic E-state index is 12.3. The summed E-state index contributed by atoms with van der Waals surface area (Å²) >= 11 is 2.92. The summed E-state index contributed by atoms with van der Waals surface area (Å²) in [5.41, 5.74) is 1.36. The monoisotopic (exact) mass is 407 g/mol. The minimum Gasteiger partial charge on any atom is -0.461 e. The molecule has 0 amide bonds. The molecule has 0 unspecified atom stereocenters. The van der Waals surface area contributed by atoms with Crippen molar-refractivity contribution in [1.29, 1.82) is 0 Å². The summed E-state index contributed by atoms with van der Waals surface area (Å²) in [5, 5.41) is 6.75. The summed E-state index contributed by atoms with van der Waals surface area (Å²) in [6, 6.07) is 13.0. The van der Waals surface area contributed by atoms with Gasteiger partial charge in [0.15, 0.2) is 11.6 Å². The van der Waals surface area contributed by atoms with E-state index in [-0.39, 0.29) is 5.56 Å². The summed E-state index contributed by atoms with van der Waals surface area (Å²) in [5.74, 6) is 1.67. The van der Waals surface area contributed by atoms with Crippen molar-refractivity contribution in [3.05, 3.63) is 69.8 Å². The van der Waals surface area contributed by atoms with Crippen LogP contribution in [0.4, 0.5) is 0 Å². The van der Waals surface area contributed by atoms with E-state index < -0.39 is 0 Å². The normalized spacial score (nSPS) is 11.5. The maximum Gasteiger partial charge on any atom is 0.275 e. The van der Waals surface area contributed by atoms with E-state index in [1.807, 2.05) is 43.3 Å². The van der Waals surface area contributed by atoms with Gasteiger partial charge in [0.25, 0.3) is 5.56 Å². The Balaban J connectivity index is 1.53.